The smallest absolute Gasteiger partial charge is 0.243 e. The van der Waals surface area contributed by atoms with Crippen LogP contribution in [0.1, 0.15) is 39.2 Å². The largest absolute Gasteiger partial charge is 0.493 e. The molecule has 0 heterocycles. The number of sulfonamides is 1. The van der Waals surface area contributed by atoms with E-state index in [0.717, 1.165) is 12.8 Å². The molecule has 0 aliphatic carbocycles. The summed E-state index contributed by atoms with van der Waals surface area (Å²) < 4.78 is 32.1. The lowest BCUT2D eigenvalue weighted by Gasteiger charge is -2.20. The molecule has 0 spiro atoms. The fraction of sp³-hybridized carbons (Fsp3) is 0.600. The van der Waals surface area contributed by atoms with Crippen LogP contribution >= 0.6 is 0 Å². The zero-order chi connectivity index (χ0) is 15.9. The van der Waals surface area contributed by atoms with E-state index < -0.39 is 10.0 Å². The van der Waals surface area contributed by atoms with Crippen LogP contribution in [0.2, 0.25) is 0 Å². The lowest BCUT2D eigenvalue weighted by Crippen LogP contribution is -2.31. The SMILES string of the molecule is CCCOc1ccc(S(=O)(=O)N(CC)CCC)cc1CO. The van der Waals surface area contributed by atoms with Crippen LogP contribution in [-0.2, 0) is 16.6 Å². The van der Waals surface area contributed by atoms with Crippen LogP contribution in [0.25, 0.3) is 0 Å². The Balaban J connectivity index is 3.13. The normalized spacial score (nSPS) is 11.9. The molecule has 120 valence electrons. The number of hydrogen-bond acceptors (Lipinski definition) is 4. The average molecular weight is 315 g/mol. The molecule has 6 heteroatoms. The molecule has 0 aromatic heterocycles. The number of nitrogens with zero attached hydrogens (tertiary/aromatic N) is 1. The minimum Gasteiger partial charge on any atom is -0.493 e. The molecular formula is C15H25NO4S. The van der Waals surface area contributed by atoms with Gasteiger partial charge in [-0.3, -0.25) is 0 Å². The summed E-state index contributed by atoms with van der Waals surface area (Å²) in [4.78, 5) is 0.200. The lowest BCUT2D eigenvalue weighted by atomic mass is 10.2. The van der Waals surface area contributed by atoms with Gasteiger partial charge in [0.2, 0.25) is 10.0 Å². The van der Waals surface area contributed by atoms with Crippen LogP contribution in [0.5, 0.6) is 5.75 Å². The van der Waals surface area contributed by atoms with Gasteiger partial charge >= 0.3 is 0 Å². The van der Waals surface area contributed by atoms with Gasteiger partial charge in [-0.2, -0.15) is 4.31 Å². The van der Waals surface area contributed by atoms with Crippen molar-refractivity contribution in [3.63, 3.8) is 0 Å². The Hall–Kier alpha value is -1.11. The van der Waals surface area contributed by atoms with Gasteiger partial charge in [-0.05, 0) is 31.0 Å². The third-order valence-corrected chi connectivity index (χ3v) is 5.10. The fourth-order valence-corrected chi connectivity index (χ4v) is 3.63. The van der Waals surface area contributed by atoms with E-state index in [2.05, 4.69) is 0 Å². The topological polar surface area (TPSA) is 66.8 Å². The van der Waals surface area contributed by atoms with Crippen molar-refractivity contribution in [1.82, 2.24) is 4.31 Å². The second kappa shape index (κ2) is 8.36. The predicted molar refractivity (Wildman–Crippen MR) is 82.9 cm³/mol. The van der Waals surface area contributed by atoms with E-state index in [0.29, 0.717) is 31.0 Å². The van der Waals surface area contributed by atoms with Crippen LogP contribution in [0.15, 0.2) is 23.1 Å². The molecule has 0 saturated heterocycles. The summed E-state index contributed by atoms with van der Waals surface area (Å²) in [6, 6.07) is 4.66. The van der Waals surface area contributed by atoms with Gasteiger partial charge in [0.1, 0.15) is 5.75 Å². The minimum absolute atomic E-state index is 0.200. The summed E-state index contributed by atoms with van der Waals surface area (Å²) in [5.41, 5.74) is 0.497. The van der Waals surface area contributed by atoms with Gasteiger partial charge in [-0.15, -0.1) is 0 Å². The summed E-state index contributed by atoms with van der Waals surface area (Å²) in [5.74, 6) is 0.539. The van der Waals surface area contributed by atoms with E-state index >= 15 is 0 Å². The second-order valence-electron chi connectivity index (χ2n) is 4.77. The van der Waals surface area contributed by atoms with Gasteiger partial charge in [0, 0.05) is 18.7 Å². The van der Waals surface area contributed by atoms with Gasteiger partial charge in [-0.1, -0.05) is 20.8 Å². The Kier molecular flexibility index (Phi) is 7.14. The fourth-order valence-electron chi connectivity index (χ4n) is 2.04. The predicted octanol–water partition coefficient (Wildman–Crippen LogP) is 2.39. The Morgan fingerprint density at radius 1 is 1.19 bits per heavy atom. The third kappa shape index (κ3) is 4.43. The summed E-state index contributed by atoms with van der Waals surface area (Å²) in [5, 5.41) is 9.42. The zero-order valence-corrected chi connectivity index (χ0v) is 13.8. The van der Waals surface area contributed by atoms with E-state index in [4.69, 9.17) is 4.74 Å². The molecule has 0 aliphatic heterocycles. The highest BCUT2D eigenvalue weighted by atomic mass is 32.2. The monoisotopic (exact) mass is 315 g/mol. The van der Waals surface area contributed by atoms with E-state index in [1.165, 1.54) is 16.4 Å². The lowest BCUT2D eigenvalue weighted by molar-refractivity contribution is 0.262. The van der Waals surface area contributed by atoms with Gasteiger partial charge in [0.25, 0.3) is 0 Å². The number of rotatable bonds is 9. The van der Waals surface area contributed by atoms with Crippen molar-refractivity contribution in [2.45, 2.75) is 45.1 Å². The van der Waals surface area contributed by atoms with E-state index in [1.807, 2.05) is 20.8 Å². The number of benzene rings is 1. The maximum Gasteiger partial charge on any atom is 0.243 e. The van der Waals surface area contributed by atoms with Crippen molar-refractivity contribution in [1.29, 1.82) is 0 Å². The maximum atomic E-state index is 12.6. The molecule has 0 atom stereocenters. The van der Waals surface area contributed by atoms with Gasteiger partial charge in [-0.25, -0.2) is 8.42 Å². The van der Waals surface area contributed by atoms with E-state index in [9.17, 15) is 13.5 Å². The molecular weight excluding hydrogens is 290 g/mol. The van der Waals surface area contributed by atoms with Crippen molar-refractivity contribution >= 4 is 10.0 Å². The third-order valence-electron chi connectivity index (χ3n) is 3.13. The van der Waals surface area contributed by atoms with E-state index in [1.54, 1.807) is 6.07 Å². The Labute approximate surface area is 127 Å². The molecule has 1 aromatic carbocycles. The highest BCUT2D eigenvalue weighted by Gasteiger charge is 2.23. The number of hydrogen-bond donors (Lipinski definition) is 1. The summed E-state index contributed by atoms with van der Waals surface area (Å²) in [7, 11) is -3.52. The first-order valence-electron chi connectivity index (χ1n) is 7.37. The minimum atomic E-state index is -3.52. The quantitative estimate of drug-likeness (QED) is 0.760. The number of aliphatic hydroxyl groups excluding tert-OH is 1. The van der Waals surface area contributed by atoms with Gasteiger partial charge in [0.15, 0.2) is 0 Å². The summed E-state index contributed by atoms with van der Waals surface area (Å²) >= 11 is 0. The first kappa shape index (κ1) is 17.9. The maximum absolute atomic E-state index is 12.6. The van der Waals surface area contributed by atoms with Crippen LogP contribution in [0.4, 0.5) is 0 Å². The number of aliphatic hydroxyl groups is 1. The molecule has 0 fully saturated rings. The molecule has 1 aromatic rings. The zero-order valence-electron chi connectivity index (χ0n) is 13.0. The molecule has 0 saturated carbocycles. The molecule has 0 amide bonds. The molecule has 1 N–H and O–H groups in total. The van der Waals surface area contributed by atoms with Crippen LogP contribution in [0.3, 0.4) is 0 Å². The average Bonchev–Trinajstić information content (AvgIpc) is 2.49. The van der Waals surface area contributed by atoms with Crippen LogP contribution < -0.4 is 4.74 Å². The van der Waals surface area contributed by atoms with Gasteiger partial charge in [0.05, 0.1) is 18.1 Å². The van der Waals surface area contributed by atoms with E-state index in [-0.39, 0.29) is 11.5 Å². The van der Waals surface area contributed by atoms with Crippen molar-refractivity contribution in [3.05, 3.63) is 23.8 Å². The Morgan fingerprint density at radius 3 is 2.43 bits per heavy atom. The first-order chi connectivity index (χ1) is 10.0. The van der Waals surface area contributed by atoms with Crippen molar-refractivity contribution in [2.24, 2.45) is 0 Å². The first-order valence-corrected chi connectivity index (χ1v) is 8.81. The molecule has 1 rings (SSSR count). The van der Waals surface area contributed by atoms with Crippen LogP contribution in [-0.4, -0.2) is 37.5 Å². The molecule has 0 unspecified atom stereocenters. The molecule has 5 nitrogen and oxygen atoms in total. The van der Waals surface area contributed by atoms with Crippen molar-refractivity contribution in [3.8, 4) is 5.75 Å². The highest BCUT2D eigenvalue weighted by molar-refractivity contribution is 7.89. The standard InChI is InChI=1S/C15H25NO4S/c1-4-9-16(6-3)21(18,19)14-7-8-15(20-10-5-2)13(11-14)12-17/h7-8,11,17H,4-6,9-10,12H2,1-3H3. The molecule has 0 bridgehead atoms. The van der Waals surface area contributed by atoms with Gasteiger partial charge < -0.3 is 9.84 Å². The Morgan fingerprint density at radius 2 is 1.90 bits per heavy atom. The molecule has 21 heavy (non-hydrogen) atoms. The summed E-state index contributed by atoms with van der Waals surface area (Å²) in [6.07, 6.45) is 1.61. The summed E-state index contributed by atoms with van der Waals surface area (Å²) in [6.45, 7) is 6.96. The van der Waals surface area contributed by atoms with Crippen LogP contribution in [0, 0.1) is 0 Å². The van der Waals surface area contributed by atoms with Crippen molar-refractivity contribution in [2.75, 3.05) is 19.7 Å². The highest BCUT2D eigenvalue weighted by Crippen LogP contribution is 2.25. The second-order valence-corrected chi connectivity index (χ2v) is 6.71. The number of ether oxygens (including phenoxy) is 1. The van der Waals surface area contributed by atoms with Crippen molar-refractivity contribution < 1.29 is 18.3 Å². The molecule has 0 radical (unpaired) electrons. The Bertz CT molecular complexity index is 543. The molecule has 0 aliphatic rings.